The fourth-order valence-electron chi connectivity index (χ4n) is 3.88. The molecule has 1 amide bonds. The van der Waals surface area contributed by atoms with E-state index >= 15 is 0 Å². The van der Waals surface area contributed by atoms with Gasteiger partial charge in [-0.15, -0.1) is 0 Å². The molecule has 0 saturated carbocycles. The number of hydrogen-bond donors (Lipinski definition) is 1. The second-order valence-corrected chi connectivity index (χ2v) is 8.46. The van der Waals surface area contributed by atoms with Gasteiger partial charge in [0.2, 0.25) is 5.91 Å². The van der Waals surface area contributed by atoms with E-state index in [1.54, 1.807) is 7.11 Å². The Kier molecular flexibility index (Phi) is 6.21. The van der Waals surface area contributed by atoms with Gasteiger partial charge in [0, 0.05) is 33.0 Å². The van der Waals surface area contributed by atoms with Crippen LogP contribution in [0.5, 0.6) is 0 Å². The quantitative estimate of drug-likeness (QED) is 0.764. The smallest absolute Gasteiger partial charge is 0.241 e. The minimum atomic E-state index is -0.553. The van der Waals surface area contributed by atoms with Crippen molar-refractivity contribution >= 4 is 5.91 Å². The first-order valence-corrected chi connectivity index (χ1v) is 10.0. The largest absolute Gasteiger partial charge is 0.377 e. The molecule has 2 aromatic rings. The second-order valence-electron chi connectivity index (χ2n) is 8.46. The van der Waals surface area contributed by atoms with Crippen molar-refractivity contribution in [3.05, 3.63) is 71.3 Å². The maximum Gasteiger partial charge on any atom is 0.241 e. The summed E-state index contributed by atoms with van der Waals surface area (Å²) < 4.78 is 5.48. The number of ether oxygens (including phenoxy) is 1. The highest BCUT2D eigenvalue weighted by molar-refractivity contribution is 5.88. The summed E-state index contributed by atoms with van der Waals surface area (Å²) in [6.45, 7) is 5.30. The molecule has 0 atom stereocenters. The van der Waals surface area contributed by atoms with Gasteiger partial charge in [-0.25, -0.2) is 0 Å². The third-order valence-corrected chi connectivity index (χ3v) is 6.04. The molecular weight excluding hydrogens is 348 g/mol. The van der Waals surface area contributed by atoms with Crippen molar-refractivity contribution in [1.82, 2.24) is 10.2 Å². The van der Waals surface area contributed by atoms with E-state index in [0.717, 1.165) is 25.8 Å². The third-order valence-electron chi connectivity index (χ3n) is 6.04. The predicted molar refractivity (Wildman–Crippen MR) is 113 cm³/mol. The van der Waals surface area contributed by atoms with Gasteiger partial charge in [-0.05, 0) is 44.0 Å². The molecule has 3 rings (SSSR count). The van der Waals surface area contributed by atoms with Crippen LogP contribution in [0.15, 0.2) is 54.6 Å². The molecule has 1 aliphatic carbocycles. The van der Waals surface area contributed by atoms with Gasteiger partial charge in [0.15, 0.2) is 0 Å². The van der Waals surface area contributed by atoms with Crippen LogP contribution in [-0.4, -0.2) is 49.2 Å². The molecule has 4 nitrogen and oxygen atoms in total. The molecule has 1 N–H and O–H groups in total. The van der Waals surface area contributed by atoms with Crippen molar-refractivity contribution in [3.63, 3.8) is 0 Å². The molecule has 0 heterocycles. The molecule has 150 valence electrons. The molecule has 0 radical (unpaired) electrons. The molecule has 0 unspecified atom stereocenters. The number of carbonyl (C=O) groups is 1. The Hall–Kier alpha value is -2.17. The zero-order chi connectivity index (χ0) is 20.2. The van der Waals surface area contributed by atoms with E-state index in [9.17, 15) is 4.79 Å². The average molecular weight is 381 g/mol. The highest BCUT2D eigenvalue weighted by Gasteiger charge is 2.47. The summed E-state index contributed by atoms with van der Waals surface area (Å²) in [7, 11) is 3.76. The van der Waals surface area contributed by atoms with Crippen LogP contribution in [0.2, 0.25) is 0 Å². The number of hydrogen-bond acceptors (Lipinski definition) is 3. The van der Waals surface area contributed by atoms with Crippen molar-refractivity contribution in [3.8, 4) is 0 Å². The molecule has 0 aliphatic heterocycles. The third kappa shape index (κ3) is 4.45. The number of methoxy groups -OCH3 is 1. The molecule has 28 heavy (non-hydrogen) atoms. The SMILES string of the molecule is COC(C)(C)CNC(=O)C1(N(C)CCc2ccccc2)Cc2ccccc2C1. The highest BCUT2D eigenvalue weighted by atomic mass is 16.5. The Balaban J connectivity index is 1.78. The van der Waals surface area contributed by atoms with Crippen LogP contribution >= 0.6 is 0 Å². The van der Waals surface area contributed by atoms with Crippen LogP contribution in [0.4, 0.5) is 0 Å². The number of nitrogens with one attached hydrogen (secondary N) is 1. The van der Waals surface area contributed by atoms with E-state index in [4.69, 9.17) is 4.74 Å². The van der Waals surface area contributed by atoms with Crippen LogP contribution < -0.4 is 5.32 Å². The van der Waals surface area contributed by atoms with Crippen molar-refractivity contribution in [2.75, 3.05) is 27.2 Å². The lowest BCUT2D eigenvalue weighted by Crippen LogP contribution is -2.60. The number of likely N-dealkylation sites (N-methyl/N-ethyl adjacent to an activating group) is 1. The molecule has 0 spiro atoms. The number of benzene rings is 2. The molecular formula is C24H32N2O2. The van der Waals surface area contributed by atoms with Crippen molar-refractivity contribution < 1.29 is 9.53 Å². The monoisotopic (exact) mass is 380 g/mol. The van der Waals surface area contributed by atoms with Crippen molar-refractivity contribution in [2.45, 2.75) is 44.2 Å². The molecule has 2 aromatic carbocycles. The van der Waals surface area contributed by atoms with E-state index < -0.39 is 5.54 Å². The predicted octanol–water partition coefficient (Wildman–Crippen LogP) is 3.24. The van der Waals surface area contributed by atoms with Crippen LogP contribution in [-0.2, 0) is 28.8 Å². The minimum Gasteiger partial charge on any atom is -0.377 e. The zero-order valence-electron chi connectivity index (χ0n) is 17.5. The minimum absolute atomic E-state index is 0.0874. The van der Waals surface area contributed by atoms with Gasteiger partial charge < -0.3 is 10.1 Å². The highest BCUT2D eigenvalue weighted by Crippen LogP contribution is 2.34. The Morgan fingerprint density at radius 3 is 2.21 bits per heavy atom. The van der Waals surface area contributed by atoms with E-state index in [2.05, 4.69) is 65.8 Å². The maximum atomic E-state index is 13.4. The van der Waals surface area contributed by atoms with Crippen molar-refractivity contribution in [1.29, 1.82) is 0 Å². The van der Waals surface area contributed by atoms with Crippen LogP contribution in [0.25, 0.3) is 0 Å². The molecule has 0 fully saturated rings. The van der Waals surface area contributed by atoms with Gasteiger partial charge in [0.1, 0.15) is 5.54 Å². The fourth-order valence-corrected chi connectivity index (χ4v) is 3.88. The van der Waals surface area contributed by atoms with Crippen molar-refractivity contribution in [2.24, 2.45) is 0 Å². The molecule has 0 aromatic heterocycles. The van der Waals surface area contributed by atoms with Gasteiger partial charge >= 0.3 is 0 Å². The number of rotatable bonds is 8. The Morgan fingerprint density at radius 2 is 1.64 bits per heavy atom. The first-order chi connectivity index (χ1) is 13.4. The van der Waals surface area contributed by atoms with E-state index in [0.29, 0.717) is 6.54 Å². The Bertz CT molecular complexity index is 776. The topological polar surface area (TPSA) is 41.6 Å². The number of fused-ring (bicyclic) bond motifs is 1. The summed E-state index contributed by atoms with van der Waals surface area (Å²) >= 11 is 0. The van der Waals surface area contributed by atoms with Gasteiger partial charge in [0.25, 0.3) is 0 Å². The summed E-state index contributed by atoms with van der Waals surface area (Å²) in [5, 5.41) is 3.16. The second kappa shape index (κ2) is 8.46. The number of carbonyl (C=O) groups excluding carboxylic acids is 1. The van der Waals surface area contributed by atoms with Gasteiger partial charge in [0.05, 0.1) is 5.60 Å². The first kappa shape index (κ1) is 20.6. The van der Waals surface area contributed by atoms with Crippen LogP contribution in [0.1, 0.15) is 30.5 Å². The maximum absolute atomic E-state index is 13.4. The van der Waals surface area contributed by atoms with Crippen LogP contribution in [0.3, 0.4) is 0 Å². The normalized spacial score (nSPS) is 15.5. The first-order valence-electron chi connectivity index (χ1n) is 10.0. The van der Waals surface area contributed by atoms with Gasteiger partial charge in [-0.1, -0.05) is 54.6 Å². The summed E-state index contributed by atoms with van der Waals surface area (Å²) in [5.41, 5.74) is 2.90. The lowest BCUT2D eigenvalue weighted by Gasteiger charge is -2.38. The van der Waals surface area contributed by atoms with E-state index in [1.807, 2.05) is 19.9 Å². The molecule has 1 aliphatic rings. The number of amides is 1. The van der Waals surface area contributed by atoms with E-state index in [-0.39, 0.29) is 11.5 Å². The molecule has 0 bridgehead atoms. The molecule has 4 heteroatoms. The zero-order valence-corrected chi connectivity index (χ0v) is 17.5. The van der Waals surface area contributed by atoms with E-state index in [1.165, 1.54) is 16.7 Å². The lowest BCUT2D eigenvalue weighted by molar-refractivity contribution is -0.133. The van der Waals surface area contributed by atoms with Gasteiger partial charge in [-0.2, -0.15) is 0 Å². The summed E-state index contributed by atoms with van der Waals surface area (Å²) in [4.78, 5) is 15.7. The standard InChI is InChI=1S/C24H32N2O2/c1-23(2,28-4)18-25-22(27)24(16-20-12-8-9-13-21(20)17-24)26(3)15-14-19-10-6-5-7-11-19/h5-13H,14-18H2,1-4H3,(H,25,27). The Morgan fingerprint density at radius 1 is 1.07 bits per heavy atom. The Labute approximate surface area is 168 Å². The van der Waals surface area contributed by atoms with Crippen LogP contribution in [0, 0.1) is 0 Å². The summed E-state index contributed by atoms with van der Waals surface area (Å²) in [6.07, 6.45) is 2.41. The fraction of sp³-hybridized carbons (Fsp3) is 0.458. The average Bonchev–Trinajstić information content (AvgIpc) is 3.12. The lowest BCUT2D eigenvalue weighted by atomic mass is 9.91. The number of nitrogens with zero attached hydrogens (tertiary/aromatic N) is 1. The molecule has 0 saturated heterocycles. The van der Waals surface area contributed by atoms with Gasteiger partial charge in [-0.3, -0.25) is 9.69 Å². The summed E-state index contributed by atoms with van der Waals surface area (Å²) in [6, 6.07) is 18.9. The summed E-state index contributed by atoms with van der Waals surface area (Å²) in [5.74, 6) is 0.0874.